The molecular weight excluding hydrogens is 346 g/mol. The lowest BCUT2D eigenvalue weighted by atomic mass is 10.2. The maximum Gasteiger partial charge on any atom is 0.247 e. The number of benzene rings is 1. The highest BCUT2D eigenvalue weighted by Gasteiger charge is 2.15. The van der Waals surface area contributed by atoms with Crippen molar-refractivity contribution in [2.45, 2.75) is 20.0 Å². The van der Waals surface area contributed by atoms with Gasteiger partial charge < -0.3 is 14.1 Å². The zero-order chi connectivity index (χ0) is 18.4. The van der Waals surface area contributed by atoms with Gasteiger partial charge in [0.05, 0.1) is 26.5 Å². The third-order valence-corrected chi connectivity index (χ3v) is 4.91. The van der Waals surface area contributed by atoms with Crippen molar-refractivity contribution < 1.29 is 13.9 Å². The molecule has 5 heteroatoms. The van der Waals surface area contributed by atoms with Gasteiger partial charge in [-0.3, -0.25) is 4.79 Å². The average Bonchev–Trinajstić information content (AvgIpc) is 3.31. The summed E-state index contributed by atoms with van der Waals surface area (Å²) in [6, 6.07) is 15.5. The molecule has 0 spiro atoms. The third kappa shape index (κ3) is 4.64. The standard InChI is InChI=1S/C21H21NO3S/c1-16-9-11-19(26-16)15-22(14-18-7-5-13-25-18)21(23)12-10-17-6-3-4-8-20(17)24-2/h3-13H,14-15H2,1-2H3/b12-10+. The zero-order valence-corrected chi connectivity index (χ0v) is 15.7. The van der Waals surface area contributed by atoms with Crippen molar-refractivity contribution in [2.24, 2.45) is 0 Å². The Hall–Kier alpha value is -2.79. The van der Waals surface area contributed by atoms with Crippen molar-refractivity contribution in [3.8, 4) is 5.75 Å². The van der Waals surface area contributed by atoms with Crippen LogP contribution in [0.4, 0.5) is 0 Å². The van der Waals surface area contributed by atoms with Crippen molar-refractivity contribution >= 4 is 23.3 Å². The highest BCUT2D eigenvalue weighted by Crippen LogP contribution is 2.21. The van der Waals surface area contributed by atoms with Crippen LogP contribution in [-0.4, -0.2) is 17.9 Å². The van der Waals surface area contributed by atoms with E-state index in [1.165, 1.54) is 4.88 Å². The molecule has 0 fully saturated rings. The maximum atomic E-state index is 12.8. The number of hydrogen-bond acceptors (Lipinski definition) is 4. The number of amides is 1. The first kappa shape index (κ1) is 18.0. The number of carbonyl (C=O) groups is 1. The van der Waals surface area contributed by atoms with Crippen LogP contribution in [0.5, 0.6) is 5.75 Å². The molecule has 0 saturated carbocycles. The van der Waals surface area contributed by atoms with Gasteiger partial charge in [0.15, 0.2) is 0 Å². The Balaban J connectivity index is 1.78. The number of rotatable bonds is 7. The number of hydrogen-bond donors (Lipinski definition) is 0. The number of aryl methyl sites for hydroxylation is 1. The minimum atomic E-state index is -0.0710. The average molecular weight is 367 g/mol. The second kappa shape index (κ2) is 8.54. The molecule has 0 N–H and O–H groups in total. The Morgan fingerprint density at radius 2 is 2.00 bits per heavy atom. The normalized spacial score (nSPS) is 11.0. The molecule has 0 saturated heterocycles. The van der Waals surface area contributed by atoms with Crippen molar-refractivity contribution in [3.05, 3.63) is 81.9 Å². The molecule has 0 aliphatic heterocycles. The summed E-state index contributed by atoms with van der Waals surface area (Å²) in [6.45, 7) is 3.04. The van der Waals surface area contributed by atoms with Gasteiger partial charge in [0.25, 0.3) is 0 Å². The second-order valence-electron chi connectivity index (χ2n) is 5.86. The Kier molecular flexibility index (Phi) is 5.92. The Bertz CT molecular complexity index is 880. The molecule has 0 aliphatic carbocycles. The fourth-order valence-corrected chi connectivity index (χ4v) is 3.54. The predicted molar refractivity (Wildman–Crippen MR) is 104 cm³/mol. The smallest absolute Gasteiger partial charge is 0.247 e. The molecule has 1 aromatic carbocycles. The first-order valence-corrected chi connectivity index (χ1v) is 9.15. The predicted octanol–water partition coefficient (Wildman–Crippen LogP) is 4.90. The van der Waals surface area contributed by atoms with Crippen LogP contribution in [-0.2, 0) is 17.9 Å². The van der Waals surface area contributed by atoms with Gasteiger partial charge in [-0.1, -0.05) is 18.2 Å². The van der Waals surface area contributed by atoms with Crippen LogP contribution in [0.3, 0.4) is 0 Å². The topological polar surface area (TPSA) is 42.7 Å². The van der Waals surface area contributed by atoms with Crippen molar-refractivity contribution in [3.63, 3.8) is 0 Å². The van der Waals surface area contributed by atoms with E-state index in [2.05, 4.69) is 19.1 Å². The molecule has 2 aromatic heterocycles. The summed E-state index contributed by atoms with van der Waals surface area (Å²) >= 11 is 1.70. The molecular formula is C21H21NO3S. The largest absolute Gasteiger partial charge is 0.496 e. The van der Waals surface area contributed by atoms with Crippen LogP contribution in [0.2, 0.25) is 0 Å². The number of furan rings is 1. The van der Waals surface area contributed by atoms with Crippen molar-refractivity contribution in [1.29, 1.82) is 0 Å². The maximum absolute atomic E-state index is 12.8. The molecule has 3 aromatic rings. The summed E-state index contributed by atoms with van der Waals surface area (Å²) in [5.41, 5.74) is 0.869. The Morgan fingerprint density at radius 3 is 2.69 bits per heavy atom. The van der Waals surface area contributed by atoms with E-state index in [4.69, 9.17) is 9.15 Å². The number of ether oxygens (including phenoxy) is 1. The molecule has 3 rings (SSSR count). The Morgan fingerprint density at radius 1 is 1.15 bits per heavy atom. The van der Waals surface area contributed by atoms with E-state index in [9.17, 15) is 4.79 Å². The molecule has 0 aliphatic rings. The SMILES string of the molecule is COc1ccccc1/C=C/C(=O)N(Cc1ccco1)Cc1ccc(C)s1. The first-order chi connectivity index (χ1) is 12.7. The summed E-state index contributed by atoms with van der Waals surface area (Å²) in [6.07, 6.45) is 5.00. The number of para-hydroxylation sites is 1. The quantitative estimate of drug-likeness (QED) is 0.558. The molecule has 0 atom stereocenters. The van der Waals surface area contributed by atoms with Gasteiger partial charge in [-0.05, 0) is 43.3 Å². The van der Waals surface area contributed by atoms with Crippen LogP contribution in [0, 0.1) is 6.92 Å². The first-order valence-electron chi connectivity index (χ1n) is 8.33. The second-order valence-corrected chi connectivity index (χ2v) is 7.23. The third-order valence-electron chi connectivity index (χ3n) is 3.93. The molecule has 4 nitrogen and oxygen atoms in total. The highest BCUT2D eigenvalue weighted by atomic mass is 32.1. The van der Waals surface area contributed by atoms with Gasteiger partial charge in [-0.15, -0.1) is 11.3 Å². The Labute approximate surface area is 157 Å². The van der Waals surface area contributed by atoms with Crippen LogP contribution in [0.15, 0.2) is 65.3 Å². The van der Waals surface area contributed by atoms with E-state index in [0.29, 0.717) is 13.1 Å². The fraction of sp³-hybridized carbons (Fsp3) is 0.190. The molecule has 0 bridgehead atoms. The molecule has 0 unspecified atom stereocenters. The summed E-state index contributed by atoms with van der Waals surface area (Å²) in [5.74, 6) is 1.43. The van der Waals surface area contributed by atoms with Gasteiger partial charge in [-0.25, -0.2) is 0 Å². The lowest BCUT2D eigenvalue weighted by molar-refractivity contribution is -0.127. The monoisotopic (exact) mass is 367 g/mol. The number of methoxy groups -OCH3 is 1. The van der Waals surface area contributed by atoms with Crippen molar-refractivity contribution in [2.75, 3.05) is 7.11 Å². The van der Waals surface area contributed by atoms with Crippen LogP contribution >= 0.6 is 11.3 Å². The van der Waals surface area contributed by atoms with Crippen LogP contribution in [0.25, 0.3) is 6.08 Å². The summed E-state index contributed by atoms with van der Waals surface area (Å²) < 4.78 is 10.8. The molecule has 2 heterocycles. The lowest BCUT2D eigenvalue weighted by Gasteiger charge is -2.19. The van der Waals surface area contributed by atoms with E-state index in [-0.39, 0.29) is 5.91 Å². The van der Waals surface area contributed by atoms with Crippen molar-refractivity contribution in [1.82, 2.24) is 4.90 Å². The van der Waals surface area contributed by atoms with Gasteiger partial charge in [0, 0.05) is 21.4 Å². The van der Waals surface area contributed by atoms with Gasteiger partial charge >= 0.3 is 0 Å². The van der Waals surface area contributed by atoms with Gasteiger partial charge in [0.1, 0.15) is 11.5 Å². The van der Waals surface area contributed by atoms with E-state index < -0.39 is 0 Å². The van der Waals surface area contributed by atoms with Gasteiger partial charge in [0.2, 0.25) is 5.91 Å². The zero-order valence-electron chi connectivity index (χ0n) is 14.8. The molecule has 26 heavy (non-hydrogen) atoms. The lowest BCUT2D eigenvalue weighted by Crippen LogP contribution is -2.28. The summed E-state index contributed by atoms with van der Waals surface area (Å²) in [5, 5.41) is 0. The number of thiophene rings is 1. The highest BCUT2D eigenvalue weighted by molar-refractivity contribution is 7.11. The van der Waals surface area contributed by atoms with E-state index in [0.717, 1.165) is 22.0 Å². The van der Waals surface area contributed by atoms with E-state index in [1.807, 2.05) is 36.4 Å². The number of carbonyl (C=O) groups excluding carboxylic acids is 1. The van der Waals surface area contributed by atoms with Gasteiger partial charge in [-0.2, -0.15) is 0 Å². The molecule has 0 radical (unpaired) electrons. The number of nitrogens with zero attached hydrogens (tertiary/aromatic N) is 1. The van der Waals surface area contributed by atoms with Crippen LogP contribution < -0.4 is 4.74 Å². The summed E-state index contributed by atoms with van der Waals surface area (Å²) in [4.78, 5) is 17.0. The molecule has 134 valence electrons. The van der Waals surface area contributed by atoms with E-state index >= 15 is 0 Å². The van der Waals surface area contributed by atoms with Crippen LogP contribution in [0.1, 0.15) is 21.1 Å². The minimum absolute atomic E-state index is 0.0710. The minimum Gasteiger partial charge on any atom is -0.496 e. The fourth-order valence-electron chi connectivity index (χ4n) is 2.63. The summed E-state index contributed by atoms with van der Waals surface area (Å²) in [7, 11) is 1.62. The molecule has 1 amide bonds. The van der Waals surface area contributed by atoms with E-state index in [1.54, 1.807) is 41.8 Å².